The molecule has 1 aliphatic rings. The molecule has 0 aliphatic carbocycles. The van der Waals surface area contributed by atoms with Crippen LogP contribution in [0.1, 0.15) is 57.9 Å². The molecule has 2 rings (SSSR count). The van der Waals surface area contributed by atoms with Crippen molar-refractivity contribution in [3.05, 3.63) is 29.8 Å². The molecule has 0 atom stereocenters. The van der Waals surface area contributed by atoms with Crippen molar-refractivity contribution in [2.45, 2.75) is 65.0 Å². The molecule has 1 aromatic carbocycles. The fourth-order valence-corrected chi connectivity index (χ4v) is 3.18. The summed E-state index contributed by atoms with van der Waals surface area (Å²) >= 11 is 0. The van der Waals surface area contributed by atoms with Crippen LogP contribution in [0.3, 0.4) is 0 Å². The van der Waals surface area contributed by atoms with Crippen molar-refractivity contribution in [1.29, 1.82) is 0 Å². The van der Waals surface area contributed by atoms with E-state index in [0.29, 0.717) is 6.04 Å². The normalized spacial score (nSPS) is 15.9. The molecule has 20 heavy (non-hydrogen) atoms. The number of nitrogens with one attached hydrogen (secondary N) is 1. The highest BCUT2D eigenvalue weighted by molar-refractivity contribution is 5.46. The summed E-state index contributed by atoms with van der Waals surface area (Å²) < 4.78 is 0. The van der Waals surface area contributed by atoms with Gasteiger partial charge in [-0.05, 0) is 56.5 Å². The largest absolute Gasteiger partial charge is 0.382 e. The van der Waals surface area contributed by atoms with Gasteiger partial charge >= 0.3 is 0 Å². The monoisotopic (exact) mass is 274 g/mol. The first kappa shape index (κ1) is 15.4. The average Bonchev–Trinajstić information content (AvgIpc) is 2.93. The third-order valence-electron chi connectivity index (χ3n) is 4.18. The zero-order valence-electron chi connectivity index (χ0n) is 13.2. The minimum absolute atomic E-state index is 0.632. The maximum Gasteiger partial charge on any atom is 0.0345 e. The van der Waals surface area contributed by atoms with Crippen LogP contribution < -0.4 is 5.32 Å². The second kappa shape index (κ2) is 8.31. The number of rotatable bonds is 8. The third-order valence-corrected chi connectivity index (χ3v) is 4.18. The van der Waals surface area contributed by atoms with Crippen LogP contribution in [-0.2, 0) is 6.54 Å². The van der Waals surface area contributed by atoms with E-state index in [1.165, 1.54) is 62.9 Å². The van der Waals surface area contributed by atoms with Gasteiger partial charge in [0, 0.05) is 18.3 Å². The van der Waals surface area contributed by atoms with E-state index in [-0.39, 0.29) is 0 Å². The van der Waals surface area contributed by atoms with Crippen LogP contribution in [0.5, 0.6) is 0 Å². The number of benzene rings is 1. The lowest BCUT2D eigenvalue weighted by Crippen LogP contribution is -2.20. The van der Waals surface area contributed by atoms with Crippen LogP contribution in [0, 0.1) is 0 Å². The number of anilines is 1. The second-order valence-corrected chi connectivity index (χ2v) is 6.10. The molecule has 1 saturated heterocycles. The van der Waals surface area contributed by atoms with Crippen molar-refractivity contribution in [3.8, 4) is 0 Å². The Labute approximate surface area is 124 Å². The van der Waals surface area contributed by atoms with Gasteiger partial charge in [0.2, 0.25) is 0 Å². The fourth-order valence-electron chi connectivity index (χ4n) is 3.18. The molecular formula is C18H30N2. The zero-order valence-corrected chi connectivity index (χ0v) is 13.2. The maximum atomic E-state index is 3.73. The molecule has 1 N–H and O–H groups in total. The second-order valence-electron chi connectivity index (χ2n) is 6.10. The summed E-state index contributed by atoms with van der Waals surface area (Å²) in [6.07, 6.45) is 7.78. The maximum absolute atomic E-state index is 3.73. The summed E-state index contributed by atoms with van der Waals surface area (Å²) in [7, 11) is 0. The van der Waals surface area contributed by atoms with Crippen molar-refractivity contribution < 1.29 is 0 Å². The lowest BCUT2D eigenvalue weighted by molar-refractivity contribution is 0.331. The van der Waals surface area contributed by atoms with Gasteiger partial charge in [0.05, 0.1) is 0 Å². The molecule has 0 spiro atoms. The molecule has 2 nitrogen and oxygen atoms in total. The van der Waals surface area contributed by atoms with Crippen LogP contribution >= 0.6 is 0 Å². The Morgan fingerprint density at radius 2 is 1.80 bits per heavy atom. The summed E-state index contributed by atoms with van der Waals surface area (Å²) in [6.45, 7) is 8.20. The first-order chi connectivity index (χ1) is 9.81. The van der Waals surface area contributed by atoms with Crippen LogP contribution in [0.25, 0.3) is 0 Å². The predicted molar refractivity (Wildman–Crippen MR) is 88.2 cm³/mol. The Hall–Kier alpha value is -1.02. The number of likely N-dealkylation sites (tertiary alicyclic amines) is 1. The summed E-state index contributed by atoms with van der Waals surface area (Å²) in [5, 5.41) is 3.73. The van der Waals surface area contributed by atoms with Crippen molar-refractivity contribution in [3.63, 3.8) is 0 Å². The molecule has 0 amide bonds. The smallest absolute Gasteiger partial charge is 0.0345 e. The molecule has 1 heterocycles. The van der Waals surface area contributed by atoms with E-state index in [1.807, 2.05) is 0 Å². The standard InChI is InChI=1S/C18H30N2/c1-3-8-17(9-4-2)19-18-11-7-10-16(14-18)15-20-12-5-6-13-20/h7,10-11,14,17,19H,3-6,8-9,12-13,15H2,1-2H3. The number of nitrogens with zero attached hydrogens (tertiary/aromatic N) is 1. The summed E-state index contributed by atoms with van der Waals surface area (Å²) in [4.78, 5) is 2.56. The van der Waals surface area contributed by atoms with E-state index in [2.05, 4.69) is 48.3 Å². The lowest BCUT2D eigenvalue weighted by atomic mass is 10.1. The molecule has 0 unspecified atom stereocenters. The molecular weight excluding hydrogens is 244 g/mol. The number of hydrogen-bond donors (Lipinski definition) is 1. The topological polar surface area (TPSA) is 15.3 Å². The average molecular weight is 274 g/mol. The summed E-state index contributed by atoms with van der Waals surface area (Å²) in [5.74, 6) is 0. The summed E-state index contributed by atoms with van der Waals surface area (Å²) in [6, 6.07) is 9.65. The van der Waals surface area contributed by atoms with Gasteiger partial charge in [0.25, 0.3) is 0 Å². The SMILES string of the molecule is CCCC(CCC)Nc1cccc(CN2CCCC2)c1. The molecule has 0 bridgehead atoms. The molecule has 0 radical (unpaired) electrons. The van der Waals surface area contributed by atoms with Crippen molar-refractivity contribution >= 4 is 5.69 Å². The van der Waals surface area contributed by atoms with Gasteiger partial charge in [-0.2, -0.15) is 0 Å². The van der Waals surface area contributed by atoms with Gasteiger partial charge in [-0.1, -0.05) is 38.8 Å². The van der Waals surface area contributed by atoms with E-state index in [9.17, 15) is 0 Å². The minimum Gasteiger partial charge on any atom is -0.382 e. The first-order valence-corrected chi connectivity index (χ1v) is 8.39. The van der Waals surface area contributed by atoms with Crippen LogP contribution in [0.4, 0.5) is 5.69 Å². The van der Waals surface area contributed by atoms with Gasteiger partial charge in [0.15, 0.2) is 0 Å². The van der Waals surface area contributed by atoms with Crippen LogP contribution in [0.2, 0.25) is 0 Å². The molecule has 112 valence electrons. The quantitative estimate of drug-likeness (QED) is 0.741. The van der Waals surface area contributed by atoms with Crippen molar-refractivity contribution in [2.75, 3.05) is 18.4 Å². The number of hydrogen-bond acceptors (Lipinski definition) is 2. The zero-order chi connectivity index (χ0) is 14.2. The lowest BCUT2D eigenvalue weighted by Gasteiger charge is -2.20. The van der Waals surface area contributed by atoms with E-state index in [1.54, 1.807) is 0 Å². The van der Waals surface area contributed by atoms with Gasteiger partial charge in [-0.15, -0.1) is 0 Å². The van der Waals surface area contributed by atoms with Gasteiger partial charge < -0.3 is 5.32 Å². The molecule has 1 aromatic rings. The highest BCUT2D eigenvalue weighted by Gasteiger charge is 2.12. The fraction of sp³-hybridized carbons (Fsp3) is 0.667. The Morgan fingerprint density at radius 3 is 2.45 bits per heavy atom. The van der Waals surface area contributed by atoms with Gasteiger partial charge in [0.1, 0.15) is 0 Å². The van der Waals surface area contributed by atoms with Crippen molar-refractivity contribution in [1.82, 2.24) is 4.90 Å². The summed E-state index contributed by atoms with van der Waals surface area (Å²) in [5.41, 5.74) is 2.75. The van der Waals surface area contributed by atoms with E-state index in [0.717, 1.165) is 6.54 Å². The van der Waals surface area contributed by atoms with Crippen molar-refractivity contribution in [2.24, 2.45) is 0 Å². The van der Waals surface area contributed by atoms with Gasteiger partial charge in [-0.3, -0.25) is 4.90 Å². The molecule has 1 fully saturated rings. The molecule has 0 aromatic heterocycles. The van der Waals surface area contributed by atoms with E-state index < -0.39 is 0 Å². The first-order valence-electron chi connectivity index (χ1n) is 8.39. The minimum atomic E-state index is 0.632. The highest BCUT2D eigenvalue weighted by atomic mass is 15.1. The van der Waals surface area contributed by atoms with E-state index in [4.69, 9.17) is 0 Å². The predicted octanol–water partition coefficient (Wildman–Crippen LogP) is 4.66. The Balaban J connectivity index is 1.93. The van der Waals surface area contributed by atoms with Gasteiger partial charge in [-0.25, -0.2) is 0 Å². The molecule has 1 aliphatic heterocycles. The van der Waals surface area contributed by atoms with Crippen LogP contribution in [0.15, 0.2) is 24.3 Å². The Kier molecular flexibility index (Phi) is 6.38. The Bertz CT molecular complexity index is 377. The Morgan fingerprint density at radius 1 is 1.10 bits per heavy atom. The van der Waals surface area contributed by atoms with E-state index >= 15 is 0 Å². The molecule has 2 heteroatoms. The van der Waals surface area contributed by atoms with Crippen LogP contribution in [-0.4, -0.2) is 24.0 Å². The highest BCUT2D eigenvalue weighted by Crippen LogP contribution is 2.18. The molecule has 0 saturated carbocycles. The third kappa shape index (κ3) is 4.82.